The second-order valence-corrected chi connectivity index (χ2v) is 4.30. The third-order valence-electron chi connectivity index (χ3n) is 3.22. The Bertz CT molecular complexity index is 565. The van der Waals surface area contributed by atoms with E-state index in [1.165, 1.54) is 0 Å². The smallest absolute Gasteiger partial charge is 0.307 e. The van der Waals surface area contributed by atoms with Crippen molar-refractivity contribution in [1.82, 2.24) is 20.7 Å². The number of aromatic nitrogens is 3. The monoisotopic (exact) mass is 232 g/mol. The van der Waals surface area contributed by atoms with Crippen LogP contribution in [0.15, 0.2) is 18.2 Å². The van der Waals surface area contributed by atoms with Gasteiger partial charge >= 0.3 is 5.97 Å². The SMILES string of the molecule is O=C(O)C1CNC(c2ccc3n[nH]nc3c2)C1. The predicted octanol–water partition coefficient (Wildman–Crippen LogP) is 0.693. The van der Waals surface area contributed by atoms with Crippen LogP contribution in [0.1, 0.15) is 18.0 Å². The lowest BCUT2D eigenvalue weighted by Gasteiger charge is -2.09. The molecule has 2 aromatic rings. The molecule has 2 heterocycles. The van der Waals surface area contributed by atoms with Gasteiger partial charge in [0.2, 0.25) is 0 Å². The van der Waals surface area contributed by atoms with Crippen LogP contribution < -0.4 is 5.32 Å². The zero-order chi connectivity index (χ0) is 11.8. The second kappa shape index (κ2) is 3.81. The van der Waals surface area contributed by atoms with E-state index in [0.717, 1.165) is 16.6 Å². The number of benzene rings is 1. The molecule has 88 valence electrons. The van der Waals surface area contributed by atoms with Crippen LogP contribution in [0.4, 0.5) is 0 Å². The molecule has 0 spiro atoms. The quantitative estimate of drug-likeness (QED) is 0.708. The topological polar surface area (TPSA) is 90.9 Å². The molecule has 3 N–H and O–H groups in total. The number of hydrogen-bond donors (Lipinski definition) is 3. The number of fused-ring (bicyclic) bond motifs is 1. The Labute approximate surface area is 97.0 Å². The standard InChI is InChI=1S/C11H12N4O2/c16-11(17)7-4-9(12-5-7)6-1-2-8-10(3-6)14-15-13-8/h1-3,7,9,12H,4-5H2,(H,16,17)(H,13,14,15). The van der Waals surface area contributed by atoms with Crippen LogP contribution in [0.25, 0.3) is 11.0 Å². The normalized spacial score (nSPS) is 24.2. The van der Waals surface area contributed by atoms with E-state index in [2.05, 4.69) is 20.7 Å². The zero-order valence-electron chi connectivity index (χ0n) is 9.05. The molecule has 0 aliphatic carbocycles. The molecule has 6 nitrogen and oxygen atoms in total. The first kappa shape index (κ1) is 10.2. The molecule has 17 heavy (non-hydrogen) atoms. The van der Waals surface area contributed by atoms with Gasteiger partial charge in [0.15, 0.2) is 0 Å². The van der Waals surface area contributed by atoms with E-state index in [-0.39, 0.29) is 12.0 Å². The Balaban J connectivity index is 1.87. The highest BCUT2D eigenvalue weighted by molar-refractivity contribution is 5.74. The maximum atomic E-state index is 10.9. The molecule has 1 saturated heterocycles. The van der Waals surface area contributed by atoms with Crippen molar-refractivity contribution in [3.8, 4) is 0 Å². The molecule has 2 unspecified atom stereocenters. The Morgan fingerprint density at radius 2 is 2.18 bits per heavy atom. The summed E-state index contributed by atoms with van der Waals surface area (Å²) in [5.74, 6) is -1.03. The maximum Gasteiger partial charge on any atom is 0.307 e. The van der Waals surface area contributed by atoms with Crippen molar-refractivity contribution in [2.75, 3.05) is 6.54 Å². The number of carboxylic acids is 1. The van der Waals surface area contributed by atoms with E-state index in [0.29, 0.717) is 13.0 Å². The van der Waals surface area contributed by atoms with E-state index in [4.69, 9.17) is 5.11 Å². The molecule has 3 rings (SSSR count). The first-order valence-electron chi connectivity index (χ1n) is 5.50. The number of aromatic amines is 1. The van der Waals surface area contributed by atoms with Crippen molar-refractivity contribution in [2.24, 2.45) is 5.92 Å². The third kappa shape index (κ3) is 1.76. The van der Waals surface area contributed by atoms with Gasteiger partial charge in [0.1, 0.15) is 11.0 Å². The lowest BCUT2D eigenvalue weighted by atomic mass is 10.00. The van der Waals surface area contributed by atoms with Gasteiger partial charge in [0.05, 0.1) is 5.92 Å². The molecule has 2 atom stereocenters. The van der Waals surface area contributed by atoms with Crippen molar-refractivity contribution in [3.63, 3.8) is 0 Å². The second-order valence-electron chi connectivity index (χ2n) is 4.30. The van der Waals surface area contributed by atoms with Crippen molar-refractivity contribution in [1.29, 1.82) is 0 Å². The van der Waals surface area contributed by atoms with Gasteiger partial charge in [0.25, 0.3) is 0 Å². The molecule has 1 aliphatic heterocycles. The summed E-state index contributed by atoms with van der Waals surface area (Å²) in [6, 6.07) is 5.90. The van der Waals surface area contributed by atoms with Crippen LogP contribution in [0.5, 0.6) is 0 Å². The fraction of sp³-hybridized carbons (Fsp3) is 0.364. The van der Waals surface area contributed by atoms with Crippen LogP contribution in [0, 0.1) is 5.92 Å². The highest BCUT2D eigenvalue weighted by atomic mass is 16.4. The summed E-state index contributed by atoms with van der Waals surface area (Å²) in [6.45, 7) is 0.525. The summed E-state index contributed by atoms with van der Waals surface area (Å²) in [5, 5.41) is 22.7. The van der Waals surface area contributed by atoms with Gasteiger partial charge in [-0.15, -0.1) is 0 Å². The minimum atomic E-state index is -0.734. The molecule has 1 aliphatic rings. The average molecular weight is 232 g/mol. The molecule has 0 amide bonds. The van der Waals surface area contributed by atoms with Crippen molar-refractivity contribution in [2.45, 2.75) is 12.5 Å². The van der Waals surface area contributed by atoms with Crippen molar-refractivity contribution < 1.29 is 9.90 Å². The van der Waals surface area contributed by atoms with E-state index >= 15 is 0 Å². The molecular formula is C11H12N4O2. The van der Waals surface area contributed by atoms with Gasteiger partial charge in [0, 0.05) is 12.6 Å². The Kier molecular flexibility index (Phi) is 2.29. The maximum absolute atomic E-state index is 10.9. The number of hydrogen-bond acceptors (Lipinski definition) is 4. The highest BCUT2D eigenvalue weighted by Crippen LogP contribution is 2.28. The number of rotatable bonds is 2. The third-order valence-corrected chi connectivity index (χ3v) is 3.22. The number of nitrogens with zero attached hydrogens (tertiary/aromatic N) is 2. The predicted molar refractivity (Wildman–Crippen MR) is 60.4 cm³/mol. The Morgan fingerprint density at radius 1 is 1.35 bits per heavy atom. The molecular weight excluding hydrogens is 220 g/mol. The number of nitrogens with one attached hydrogen (secondary N) is 2. The fourth-order valence-corrected chi connectivity index (χ4v) is 2.25. The van der Waals surface area contributed by atoms with E-state index in [1.807, 2.05) is 18.2 Å². The van der Waals surface area contributed by atoms with Gasteiger partial charge in [-0.3, -0.25) is 4.79 Å². The van der Waals surface area contributed by atoms with Gasteiger partial charge < -0.3 is 10.4 Å². The molecule has 6 heteroatoms. The summed E-state index contributed by atoms with van der Waals surface area (Å²) in [7, 11) is 0. The minimum Gasteiger partial charge on any atom is -0.481 e. The lowest BCUT2D eigenvalue weighted by molar-refractivity contribution is -0.141. The van der Waals surface area contributed by atoms with E-state index in [9.17, 15) is 4.79 Å². The van der Waals surface area contributed by atoms with Gasteiger partial charge in [-0.1, -0.05) is 6.07 Å². The molecule has 0 radical (unpaired) electrons. The van der Waals surface area contributed by atoms with Crippen LogP contribution in [0.3, 0.4) is 0 Å². The van der Waals surface area contributed by atoms with Gasteiger partial charge in [-0.2, -0.15) is 15.4 Å². The highest BCUT2D eigenvalue weighted by Gasteiger charge is 2.30. The van der Waals surface area contributed by atoms with Crippen LogP contribution in [-0.2, 0) is 4.79 Å². The number of aliphatic carboxylic acids is 1. The molecule has 0 bridgehead atoms. The fourth-order valence-electron chi connectivity index (χ4n) is 2.25. The first-order chi connectivity index (χ1) is 8.24. The number of H-pyrrole nitrogens is 1. The van der Waals surface area contributed by atoms with Crippen LogP contribution >= 0.6 is 0 Å². The zero-order valence-corrected chi connectivity index (χ0v) is 9.05. The summed E-state index contributed by atoms with van der Waals surface area (Å²) in [5.41, 5.74) is 2.69. The Morgan fingerprint density at radius 3 is 2.94 bits per heavy atom. The number of carboxylic acid groups (broad SMARTS) is 1. The Hall–Kier alpha value is -1.95. The summed E-state index contributed by atoms with van der Waals surface area (Å²) in [6.07, 6.45) is 0.624. The molecule has 0 saturated carbocycles. The van der Waals surface area contributed by atoms with E-state index < -0.39 is 5.97 Å². The van der Waals surface area contributed by atoms with Crippen molar-refractivity contribution >= 4 is 17.0 Å². The van der Waals surface area contributed by atoms with Crippen LogP contribution in [0.2, 0.25) is 0 Å². The van der Waals surface area contributed by atoms with Crippen molar-refractivity contribution in [3.05, 3.63) is 23.8 Å². The minimum absolute atomic E-state index is 0.0946. The molecule has 1 aromatic carbocycles. The van der Waals surface area contributed by atoms with Gasteiger partial charge in [-0.25, -0.2) is 0 Å². The van der Waals surface area contributed by atoms with E-state index in [1.54, 1.807) is 0 Å². The summed E-state index contributed by atoms with van der Waals surface area (Å²) < 4.78 is 0. The average Bonchev–Trinajstić information content (AvgIpc) is 2.97. The lowest BCUT2D eigenvalue weighted by Crippen LogP contribution is -2.17. The summed E-state index contributed by atoms with van der Waals surface area (Å²) >= 11 is 0. The number of carbonyl (C=O) groups is 1. The largest absolute Gasteiger partial charge is 0.481 e. The van der Waals surface area contributed by atoms with Crippen LogP contribution in [-0.4, -0.2) is 33.0 Å². The van der Waals surface area contributed by atoms with Gasteiger partial charge in [-0.05, 0) is 24.1 Å². The molecule has 1 aromatic heterocycles. The summed E-state index contributed by atoms with van der Waals surface area (Å²) in [4.78, 5) is 10.9. The first-order valence-corrected chi connectivity index (χ1v) is 5.50. The molecule has 1 fully saturated rings.